The summed E-state index contributed by atoms with van der Waals surface area (Å²) in [6.07, 6.45) is 2.10. The molecule has 7 heteroatoms. The summed E-state index contributed by atoms with van der Waals surface area (Å²) in [5.74, 6) is -0.0446. The Bertz CT molecular complexity index is 1300. The number of thiocarbonyl (C=S) groups is 1. The van der Waals surface area contributed by atoms with Crippen molar-refractivity contribution in [3.8, 4) is 0 Å². The van der Waals surface area contributed by atoms with Crippen molar-refractivity contribution in [1.82, 2.24) is 20.2 Å². The first-order valence-electron chi connectivity index (χ1n) is 11.0. The van der Waals surface area contributed by atoms with Gasteiger partial charge in [0.1, 0.15) is 0 Å². The van der Waals surface area contributed by atoms with Crippen LogP contribution in [0.1, 0.15) is 35.6 Å². The molecular weight excluding hydrogens is 430 g/mol. The van der Waals surface area contributed by atoms with Gasteiger partial charge in [-0.3, -0.25) is 9.78 Å². The van der Waals surface area contributed by atoms with Gasteiger partial charge < -0.3 is 20.5 Å². The van der Waals surface area contributed by atoms with Crippen LogP contribution in [0.3, 0.4) is 0 Å². The van der Waals surface area contributed by atoms with E-state index in [1.165, 1.54) is 0 Å². The van der Waals surface area contributed by atoms with Crippen LogP contribution in [0.25, 0.3) is 10.8 Å². The van der Waals surface area contributed by atoms with E-state index < -0.39 is 0 Å². The third kappa shape index (κ3) is 4.32. The molecule has 166 valence electrons. The number of pyridine rings is 1. The van der Waals surface area contributed by atoms with E-state index in [1.807, 2.05) is 67.6 Å². The molecule has 1 fully saturated rings. The van der Waals surface area contributed by atoms with E-state index in [0.29, 0.717) is 18.1 Å². The SMILES string of the molecule is Cc1ccc([C@@H]2[C@H](c3ccccn3)NC(=S)N2CCC(=O)Nc2cccc3ccccc23)[nH]1. The molecule has 0 unspecified atom stereocenters. The fourth-order valence-corrected chi connectivity index (χ4v) is 4.78. The molecule has 6 nitrogen and oxygen atoms in total. The summed E-state index contributed by atoms with van der Waals surface area (Å²) in [5.41, 5.74) is 3.86. The third-order valence-corrected chi connectivity index (χ3v) is 6.37. The molecule has 1 saturated heterocycles. The maximum absolute atomic E-state index is 12.9. The van der Waals surface area contributed by atoms with Gasteiger partial charge >= 0.3 is 0 Å². The van der Waals surface area contributed by atoms with E-state index in [0.717, 1.165) is 33.5 Å². The number of nitrogens with zero attached hydrogens (tertiary/aromatic N) is 2. The highest BCUT2D eigenvalue weighted by Crippen LogP contribution is 2.38. The van der Waals surface area contributed by atoms with Crippen LogP contribution in [0, 0.1) is 6.92 Å². The molecule has 0 spiro atoms. The summed E-state index contributed by atoms with van der Waals surface area (Å²) in [5, 5.41) is 9.25. The standard InChI is InChI=1S/C26H25N5OS/c1-17-12-13-22(28-17)25-24(21-10-4-5-15-27-21)30-26(33)31(25)16-14-23(32)29-20-11-6-8-18-7-2-3-9-19(18)20/h2-13,15,24-25,28H,14,16H2,1H3,(H,29,32)(H,30,33)/t24-,25+/m0/s1. The van der Waals surface area contributed by atoms with Gasteiger partial charge in [0.2, 0.25) is 5.91 Å². The Morgan fingerprint density at radius 1 is 1.06 bits per heavy atom. The number of hydrogen-bond donors (Lipinski definition) is 3. The molecule has 2 atom stereocenters. The predicted molar refractivity (Wildman–Crippen MR) is 135 cm³/mol. The quantitative estimate of drug-likeness (QED) is 0.362. The number of H-pyrrole nitrogens is 1. The van der Waals surface area contributed by atoms with Gasteiger partial charge in [-0.25, -0.2) is 0 Å². The molecule has 3 N–H and O–H groups in total. The van der Waals surface area contributed by atoms with Gasteiger partial charge in [0.25, 0.3) is 0 Å². The van der Waals surface area contributed by atoms with E-state index in [9.17, 15) is 4.79 Å². The van der Waals surface area contributed by atoms with Crippen LogP contribution in [-0.2, 0) is 4.79 Å². The smallest absolute Gasteiger partial charge is 0.226 e. The number of carbonyl (C=O) groups is 1. The van der Waals surface area contributed by atoms with Crippen molar-refractivity contribution < 1.29 is 4.79 Å². The lowest BCUT2D eigenvalue weighted by molar-refractivity contribution is -0.116. The molecule has 33 heavy (non-hydrogen) atoms. The van der Waals surface area contributed by atoms with E-state index >= 15 is 0 Å². The van der Waals surface area contributed by atoms with Gasteiger partial charge in [0, 0.05) is 41.6 Å². The number of nitrogens with one attached hydrogen (secondary N) is 3. The molecule has 3 heterocycles. The first-order valence-corrected chi connectivity index (χ1v) is 11.4. The fourth-order valence-electron chi connectivity index (χ4n) is 4.45. The summed E-state index contributed by atoms with van der Waals surface area (Å²) in [4.78, 5) is 23.0. The highest BCUT2D eigenvalue weighted by molar-refractivity contribution is 7.80. The van der Waals surface area contributed by atoms with Gasteiger partial charge in [-0.05, 0) is 54.9 Å². The fraction of sp³-hybridized carbons (Fsp3) is 0.192. The minimum absolute atomic E-state index is 0.0446. The van der Waals surface area contributed by atoms with E-state index in [1.54, 1.807) is 6.20 Å². The number of aromatic amines is 1. The number of benzene rings is 2. The van der Waals surface area contributed by atoms with Crippen LogP contribution in [0.2, 0.25) is 0 Å². The number of carbonyl (C=O) groups excluding carboxylic acids is 1. The minimum atomic E-state index is -0.0992. The van der Waals surface area contributed by atoms with Crippen LogP contribution in [0.4, 0.5) is 5.69 Å². The average molecular weight is 456 g/mol. The average Bonchev–Trinajstić information content (AvgIpc) is 3.41. The van der Waals surface area contributed by atoms with Crippen molar-refractivity contribution in [1.29, 1.82) is 0 Å². The van der Waals surface area contributed by atoms with Crippen LogP contribution in [0.5, 0.6) is 0 Å². The van der Waals surface area contributed by atoms with Crippen LogP contribution in [-0.4, -0.2) is 32.4 Å². The van der Waals surface area contributed by atoms with Gasteiger partial charge in [0.15, 0.2) is 5.11 Å². The molecule has 1 amide bonds. The van der Waals surface area contributed by atoms with Gasteiger partial charge in [-0.1, -0.05) is 42.5 Å². The zero-order chi connectivity index (χ0) is 22.8. The van der Waals surface area contributed by atoms with Crippen molar-refractivity contribution in [3.05, 3.63) is 96.1 Å². The highest BCUT2D eigenvalue weighted by Gasteiger charge is 2.40. The normalized spacial score (nSPS) is 17.8. The predicted octanol–water partition coefficient (Wildman–Crippen LogP) is 4.87. The molecule has 1 aliphatic heterocycles. The number of amides is 1. The van der Waals surface area contributed by atoms with Crippen LogP contribution in [0.15, 0.2) is 79.0 Å². The van der Waals surface area contributed by atoms with E-state index in [2.05, 4.69) is 37.6 Å². The Labute approximate surface area is 198 Å². The number of fused-ring (bicyclic) bond motifs is 1. The second-order valence-electron chi connectivity index (χ2n) is 8.24. The van der Waals surface area contributed by atoms with Crippen molar-refractivity contribution >= 4 is 39.7 Å². The first-order chi connectivity index (χ1) is 16.1. The Balaban J connectivity index is 1.35. The number of aryl methyl sites for hydroxylation is 1. The van der Waals surface area contributed by atoms with Crippen molar-refractivity contribution in [2.75, 3.05) is 11.9 Å². The molecule has 2 aromatic carbocycles. The summed E-state index contributed by atoms with van der Waals surface area (Å²) in [7, 11) is 0. The first kappa shape index (κ1) is 21.2. The Kier molecular flexibility index (Phi) is 5.79. The molecule has 5 rings (SSSR count). The lowest BCUT2D eigenvalue weighted by Gasteiger charge is -2.26. The number of anilines is 1. The summed E-state index contributed by atoms with van der Waals surface area (Å²) < 4.78 is 0. The zero-order valence-electron chi connectivity index (χ0n) is 18.3. The third-order valence-electron chi connectivity index (χ3n) is 6.01. The van der Waals surface area contributed by atoms with Crippen LogP contribution >= 0.6 is 12.2 Å². The Morgan fingerprint density at radius 2 is 1.88 bits per heavy atom. The molecule has 0 aliphatic carbocycles. The Morgan fingerprint density at radius 3 is 2.67 bits per heavy atom. The lowest BCUT2D eigenvalue weighted by Crippen LogP contribution is -2.32. The largest absolute Gasteiger partial charge is 0.361 e. The van der Waals surface area contributed by atoms with Gasteiger partial charge in [0.05, 0.1) is 17.8 Å². The van der Waals surface area contributed by atoms with Crippen molar-refractivity contribution in [2.45, 2.75) is 25.4 Å². The zero-order valence-corrected chi connectivity index (χ0v) is 19.1. The molecule has 4 aromatic rings. The monoisotopic (exact) mass is 455 g/mol. The van der Waals surface area contributed by atoms with Crippen molar-refractivity contribution in [2.24, 2.45) is 0 Å². The second kappa shape index (κ2) is 9.03. The topological polar surface area (TPSA) is 73.1 Å². The molecule has 1 aliphatic rings. The maximum Gasteiger partial charge on any atom is 0.226 e. The van der Waals surface area contributed by atoms with Gasteiger partial charge in [-0.15, -0.1) is 0 Å². The van der Waals surface area contributed by atoms with Crippen LogP contribution < -0.4 is 10.6 Å². The number of rotatable bonds is 6. The number of hydrogen-bond acceptors (Lipinski definition) is 3. The lowest BCUT2D eigenvalue weighted by atomic mass is 10.0. The highest BCUT2D eigenvalue weighted by atomic mass is 32.1. The summed E-state index contributed by atoms with van der Waals surface area (Å²) in [6, 6.07) is 23.8. The molecular formula is C26H25N5OS. The molecule has 0 bridgehead atoms. The maximum atomic E-state index is 12.9. The van der Waals surface area contributed by atoms with E-state index in [-0.39, 0.29) is 18.0 Å². The minimum Gasteiger partial charge on any atom is -0.361 e. The molecule has 0 radical (unpaired) electrons. The summed E-state index contributed by atoms with van der Waals surface area (Å²) in [6.45, 7) is 2.52. The van der Waals surface area contributed by atoms with Gasteiger partial charge in [-0.2, -0.15) is 0 Å². The molecule has 2 aromatic heterocycles. The Hall–Kier alpha value is -3.71. The molecule has 0 saturated carbocycles. The second-order valence-corrected chi connectivity index (χ2v) is 8.63. The van der Waals surface area contributed by atoms with E-state index in [4.69, 9.17) is 12.2 Å². The number of aromatic nitrogens is 2. The summed E-state index contributed by atoms with van der Waals surface area (Å²) >= 11 is 5.69. The van der Waals surface area contributed by atoms with Crippen molar-refractivity contribution in [3.63, 3.8) is 0 Å².